The number of benzene rings is 1. The molecule has 0 atom stereocenters. The van der Waals surface area contributed by atoms with Gasteiger partial charge in [-0.15, -0.1) is 5.92 Å². The Balaban J connectivity index is 2.14. The molecule has 1 aromatic heterocycles. The molecule has 0 saturated heterocycles. The summed E-state index contributed by atoms with van der Waals surface area (Å²) in [6, 6.07) is 9.04. The molecule has 1 N–H and O–H groups in total. The molecule has 0 radical (unpaired) electrons. The Bertz CT molecular complexity index is 791. The van der Waals surface area contributed by atoms with E-state index in [9.17, 15) is 4.79 Å². The van der Waals surface area contributed by atoms with Crippen molar-refractivity contribution in [3.05, 3.63) is 53.3 Å². The number of hydrogen-bond donors (Lipinski definition) is 1. The smallest absolute Gasteiger partial charge is 0.225 e. The van der Waals surface area contributed by atoms with Crippen LogP contribution < -0.4 is 10.1 Å². The lowest BCUT2D eigenvalue weighted by atomic mass is 10.0. The molecule has 4 nitrogen and oxygen atoms in total. The number of nitrogens with one attached hydrogen (secondary N) is 1. The minimum absolute atomic E-state index is 0.122. The summed E-state index contributed by atoms with van der Waals surface area (Å²) in [5.74, 6) is 6.77. The first-order chi connectivity index (χ1) is 11.4. The van der Waals surface area contributed by atoms with E-state index in [4.69, 9.17) is 16.3 Å². The molecule has 1 amide bonds. The van der Waals surface area contributed by atoms with Gasteiger partial charge in [0, 0.05) is 17.8 Å². The predicted molar refractivity (Wildman–Crippen MR) is 95.1 cm³/mol. The van der Waals surface area contributed by atoms with Crippen molar-refractivity contribution in [1.29, 1.82) is 0 Å². The van der Waals surface area contributed by atoms with Gasteiger partial charge in [0.1, 0.15) is 11.5 Å². The molecule has 1 aromatic carbocycles. The van der Waals surface area contributed by atoms with Crippen LogP contribution >= 0.6 is 11.6 Å². The van der Waals surface area contributed by atoms with E-state index in [0.29, 0.717) is 16.5 Å². The summed E-state index contributed by atoms with van der Waals surface area (Å²) in [7, 11) is 0. The highest BCUT2D eigenvalue weighted by molar-refractivity contribution is 6.30. The highest BCUT2D eigenvalue weighted by Crippen LogP contribution is 2.26. The van der Waals surface area contributed by atoms with E-state index in [0.717, 1.165) is 5.56 Å². The van der Waals surface area contributed by atoms with Crippen LogP contribution in [0, 0.1) is 11.8 Å². The van der Waals surface area contributed by atoms with Crippen molar-refractivity contribution in [2.75, 3.05) is 0 Å². The van der Waals surface area contributed by atoms with Crippen molar-refractivity contribution >= 4 is 17.5 Å². The van der Waals surface area contributed by atoms with Crippen molar-refractivity contribution in [3.63, 3.8) is 0 Å². The standard InChI is InChI=1S/C19H19ClN2O2/c1-4-9-19(2,3)22-18(23)10-14-7-5-6-8-17(14)24-16-11-15(20)12-21-13-16/h5-8,11-13H,10H2,1-3H3,(H,22,23). The van der Waals surface area contributed by atoms with Gasteiger partial charge in [-0.1, -0.05) is 35.7 Å². The van der Waals surface area contributed by atoms with Gasteiger partial charge in [-0.2, -0.15) is 0 Å². The number of para-hydroxylation sites is 1. The second-order valence-corrected chi connectivity index (χ2v) is 6.21. The number of aromatic nitrogens is 1. The lowest BCUT2D eigenvalue weighted by Crippen LogP contribution is -2.43. The van der Waals surface area contributed by atoms with Crippen LogP contribution in [0.5, 0.6) is 11.5 Å². The summed E-state index contributed by atoms with van der Waals surface area (Å²) in [6.45, 7) is 5.47. The maximum absolute atomic E-state index is 12.3. The van der Waals surface area contributed by atoms with Gasteiger partial charge in [0.15, 0.2) is 0 Å². The zero-order valence-corrected chi connectivity index (χ0v) is 14.6. The first kappa shape index (κ1) is 17.8. The van der Waals surface area contributed by atoms with Gasteiger partial charge < -0.3 is 10.1 Å². The molecule has 2 aromatic rings. The summed E-state index contributed by atoms with van der Waals surface area (Å²) in [5, 5.41) is 3.39. The Morgan fingerprint density at radius 3 is 2.79 bits per heavy atom. The molecular weight excluding hydrogens is 324 g/mol. The van der Waals surface area contributed by atoms with Crippen LogP contribution in [0.2, 0.25) is 5.02 Å². The number of nitrogens with zero attached hydrogens (tertiary/aromatic N) is 1. The fourth-order valence-electron chi connectivity index (χ4n) is 2.23. The third-order valence-electron chi connectivity index (χ3n) is 3.12. The summed E-state index contributed by atoms with van der Waals surface area (Å²) in [5.41, 5.74) is 0.202. The average Bonchev–Trinajstić information content (AvgIpc) is 2.48. The number of carbonyl (C=O) groups excluding carboxylic acids is 1. The summed E-state index contributed by atoms with van der Waals surface area (Å²) >= 11 is 5.92. The lowest BCUT2D eigenvalue weighted by Gasteiger charge is -2.20. The number of hydrogen-bond acceptors (Lipinski definition) is 3. The van der Waals surface area contributed by atoms with Crippen molar-refractivity contribution in [2.45, 2.75) is 32.7 Å². The SMILES string of the molecule is CC#CC(C)(C)NC(=O)Cc1ccccc1Oc1cncc(Cl)c1. The molecule has 0 aliphatic rings. The predicted octanol–water partition coefficient (Wildman–Crippen LogP) is 3.99. The number of pyridine rings is 1. The van der Waals surface area contributed by atoms with Crippen molar-refractivity contribution in [2.24, 2.45) is 0 Å². The van der Waals surface area contributed by atoms with Gasteiger partial charge in [-0.25, -0.2) is 0 Å². The molecule has 1 heterocycles. The van der Waals surface area contributed by atoms with Crippen LogP contribution in [0.1, 0.15) is 26.3 Å². The first-order valence-corrected chi connectivity index (χ1v) is 7.88. The van der Waals surface area contributed by atoms with Crippen molar-refractivity contribution in [1.82, 2.24) is 10.3 Å². The van der Waals surface area contributed by atoms with E-state index in [1.807, 2.05) is 32.0 Å². The second-order valence-electron chi connectivity index (χ2n) is 5.77. The first-order valence-electron chi connectivity index (χ1n) is 7.51. The highest BCUT2D eigenvalue weighted by atomic mass is 35.5. The van der Waals surface area contributed by atoms with Gasteiger partial charge in [-0.3, -0.25) is 9.78 Å². The fraction of sp³-hybridized carbons (Fsp3) is 0.263. The van der Waals surface area contributed by atoms with Crippen molar-refractivity contribution in [3.8, 4) is 23.3 Å². The molecule has 0 saturated carbocycles. The van der Waals surface area contributed by atoms with E-state index in [2.05, 4.69) is 22.1 Å². The van der Waals surface area contributed by atoms with Gasteiger partial charge in [-0.05, 0) is 26.8 Å². The van der Waals surface area contributed by atoms with Crippen molar-refractivity contribution < 1.29 is 9.53 Å². The molecule has 0 fully saturated rings. The molecule has 5 heteroatoms. The maximum atomic E-state index is 12.3. The molecule has 0 aliphatic heterocycles. The zero-order valence-electron chi connectivity index (χ0n) is 13.9. The molecule has 2 rings (SSSR count). The highest BCUT2D eigenvalue weighted by Gasteiger charge is 2.18. The third kappa shape index (κ3) is 5.29. The molecule has 0 unspecified atom stereocenters. The molecule has 0 aliphatic carbocycles. The third-order valence-corrected chi connectivity index (χ3v) is 3.33. The maximum Gasteiger partial charge on any atom is 0.225 e. The van der Waals surface area contributed by atoms with Gasteiger partial charge in [0.05, 0.1) is 23.2 Å². The van der Waals surface area contributed by atoms with Crippen LogP contribution in [0.15, 0.2) is 42.7 Å². The van der Waals surface area contributed by atoms with Crippen LogP contribution in [0.4, 0.5) is 0 Å². The number of carbonyl (C=O) groups is 1. The quantitative estimate of drug-likeness (QED) is 0.836. The molecule has 124 valence electrons. The van der Waals surface area contributed by atoms with Crippen LogP contribution in [0.25, 0.3) is 0 Å². The summed E-state index contributed by atoms with van der Waals surface area (Å²) in [6.07, 6.45) is 3.30. The Labute approximate surface area is 147 Å². The summed E-state index contributed by atoms with van der Waals surface area (Å²) < 4.78 is 5.81. The summed E-state index contributed by atoms with van der Waals surface area (Å²) in [4.78, 5) is 16.3. The molecule has 0 spiro atoms. The number of halogens is 1. The topological polar surface area (TPSA) is 51.2 Å². The molecule has 0 bridgehead atoms. The Kier molecular flexibility index (Phi) is 5.83. The van der Waals surface area contributed by atoms with Crippen LogP contribution in [0.3, 0.4) is 0 Å². The van der Waals surface area contributed by atoms with E-state index in [1.54, 1.807) is 25.3 Å². The van der Waals surface area contributed by atoms with Gasteiger partial charge in [0.2, 0.25) is 5.91 Å². The van der Waals surface area contributed by atoms with Crippen LogP contribution in [-0.4, -0.2) is 16.4 Å². The minimum Gasteiger partial charge on any atom is -0.455 e. The Morgan fingerprint density at radius 2 is 2.08 bits per heavy atom. The largest absolute Gasteiger partial charge is 0.455 e. The van der Waals surface area contributed by atoms with Crippen LogP contribution in [-0.2, 0) is 11.2 Å². The van der Waals surface area contributed by atoms with E-state index >= 15 is 0 Å². The second kappa shape index (κ2) is 7.85. The molecule has 24 heavy (non-hydrogen) atoms. The normalized spacial score (nSPS) is 10.5. The van der Waals surface area contributed by atoms with E-state index in [-0.39, 0.29) is 12.3 Å². The fourth-order valence-corrected chi connectivity index (χ4v) is 2.40. The van der Waals surface area contributed by atoms with E-state index < -0.39 is 5.54 Å². The Morgan fingerprint density at radius 1 is 1.33 bits per heavy atom. The minimum atomic E-state index is -0.571. The lowest BCUT2D eigenvalue weighted by molar-refractivity contribution is -0.121. The van der Waals surface area contributed by atoms with Gasteiger partial charge in [0.25, 0.3) is 0 Å². The monoisotopic (exact) mass is 342 g/mol. The van der Waals surface area contributed by atoms with Gasteiger partial charge >= 0.3 is 0 Å². The molecular formula is C19H19ClN2O2. The zero-order chi connectivity index (χ0) is 17.6. The number of rotatable bonds is 5. The number of ether oxygens (including phenoxy) is 1. The number of amides is 1. The van der Waals surface area contributed by atoms with E-state index in [1.165, 1.54) is 6.20 Å². The average molecular weight is 343 g/mol. The Hall–Kier alpha value is -2.51.